The molecule has 71 valence electrons. The fourth-order valence-electron chi connectivity index (χ4n) is 1.38. The quantitative estimate of drug-likeness (QED) is 0.780. The highest BCUT2D eigenvalue weighted by atomic mass is 16.3. The molecule has 2 rings (SSSR count). The maximum absolute atomic E-state index is 9.27. The molecule has 1 aromatic carbocycles. The standard InChI is InChI=1S/C11H11N2O/c1-2-9-8-11(14)12-13(9)10-6-4-3-5-7-10/h3-8H,1-2H2,(H,12,14). The van der Waals surface area contributed by atoms with Crippen LogP contribution in [0.3, 0.4) is 0 Å². The van der Waals surface area contributed by atoms with Gasteiger partial charge in [0.05, 0.1) is 5.69 Å². The molecule has 0 fully saturated rings. The van der Waals surface area contributed by atoms with Crippen molar-refractivity contribution < 1.29 is 5.11 Å². The first-order chi connectivity index (χ1) is 6.81. The van der Waals surface area contributed by atoms with Gasteiger partial charge in [0.15, 0.2) is 0 Å². The van der Waals surface area contributed by atoms with Crippen LogP contribution in [0, 0.1) is 6.92 Å². The van der Waals surface area contributed by atoms with Crippen LogP contribution in [0.25, 0.3) is 5.69 Å². The Bertz CT molecular complexity index is 420. The van der Waals surface area contributed by atoms with Crippen LogP contribution < -0.4 is 0 Å². The second-order valence-electron chi connectivity index (χ2n) is 2.99. The van der Waals surface area contributed by atoms with E-state index in [4.69, 9.17) is 0 Å². The number of para-hydroxylation sites is 1. The van der Waals surface area contributed by atoms with Gasteiger partial charge in [-0.05, 0) is 25.5 Å². The van der Waals surface area contributed by atoms with Crippen molar-refractivity contribution in [1.82, 2.24) is 9.78 Å². The van der Waals surface area contributed by atoms with E-state index in [1.807, 2.05) is 30.3 Å². The summed E-state index contributed by atoms with van der Waals surface area (Å²) >= 11 is 0. The van der Waals surface area contributed by atoms with E-state index in [0.717, 1.165) is 11.4 Å². The van der Waals surface area contributed by atoms with E-state index in [2.05, 4.69) is 12.0 Å². The average Bonchev–Trinajstić information content (AvgIpc) is 2.61. The van der Waals surface area contributed by atoms with Crippen molar-refractivity contribution in [3.05, 3.63) is 49.0 Å². The summed E-state index contributed by atoms with van der Waals surface area (Å²) < 4.78 is 1.70. The molecule has 0 aliphatic heterocycles. The zero-order valence-corrected chi connectivity index (χ0v) is 7.72. The third kappa shape index (κ3) is 1.48. The molecular weight excluding hydrogens is 176 g/mol. The number of hydrogen-bond donors (Lipinski definition) is 1. The molecule has 2 aromatic rings. The molecule has 0 saturated heterocycles. The predicted molar refractivity (Wildman–Crippen MR) is 54.3 cm³/mol. The monoisotopic (exact) mass is 187 g/mol. The van der Waals surface area contributed by atoms with Gasteiger partial charge >= 0.3 is 0 Å². The van der Waals surface area contributed by atoms with Crippen molar-refractivity contribution in [3.8, 4) is 11.6 Å². The summed E-state index contributed by atoms with van der Waals surface area (Å²) in [6.07, 6.45) is 0.600. The van der Waals surface area contributed by atoms with Crippen LogP contribution in [0.4, 0.5) is 0 Å². The minimum atomic E-state index is 0.0347. The minimum absolute atomic E-state index is 0.0347. The summed E-state index contributed by atoms with van der Waals surface area (Å²) in [5, 5.41) is 13.3. The highest BCUT2D eigenvalue weighted by molar-refractivity contribution is 5.34. The van der Waals surface area contributed by atoms with Crippen LogP contribution in [-0.4, -0.2) is 14.9 Å². The van der Waals surface area contributed by atoms with E-state index in [-0.39, 0.29) is 5.88 Å². The van der Waals surface area contributed by atoms with Gasteiger partial charge in [0.2, 0.25) is 5.88 Å². The van der Waals surface area contributed by atoms with E-state index in [9.17, 15) is 5.11 Å². The second-order valence-corrected chi connectivity index (χ2v) is 2.99. The number of nitrogens with zero attached hydrogens (tertiary/aromatic N) is 2. The predicted octanol–water partition coefficient (Wildman–Crippen LogP) is 1.95. The lowest BCUT2D eigenvalue weighted by molar-refractivity contribution is 0.448. The fraction of sp³-hybridized carbons (Fsp3) is 0.0909. The number of aromatic nitrogens is 2. The second kappa shape index (κ2) is 3.54. The maximum atomic E-state index is 9.27. The molecule has 0 saturated carbocycles. The van der Waals surface area contributed by atoms with Gasteiger partial charge in [-0.2, -0.15) is 0 Å². The molecule has 1 N–H and O–H groups in total. The third-order valence-corrected chi connectivity index (χ3v) is 2.03. The molecule has 3 heteroatoms. The Labute approximate surface area is 82.6 Å². The van der Waals surface area contributed by atoms with Gasteiger partial charge in [0.25, 0.3) is 0 Å². The van der Waals surface area contributed by atoms with Crippen molar-refractivity contribution in [3.63, 3.8) is 0 Å². The Morgan fingerprint density at radius 1 is 1.29 bits per heavy atom. The lowest BCUT2D eigenvalue weighted by atomic mass is 10.3. The van der Waals surface area contributed by atoms with Gasteiger partial charge in [-0.1, -0.05) is 18.2 Å². The molecule has 0 unspecified atom stereocenters. The van der Waals surface area contributed by atoms with E-state index < -0.39 is 0 Å². The van der Waals surface area contributed by atoms with Crippen LogP contribution >= 0.6 is 0 Å². The fourth-order valence-corrected chi connectivity index (χ4v) is 1.38. The summed E-state index contributed by atoms with van der Waals surface area (Å²) in [4.78, 5) is 0. The summed E-state index contributed by atoms with van der Waals surface area (Å²) in [6, 6.07) is 11.3. The minimum Gasteiger partial charge on any atom is -0.492 e. The number of aromatic hydroxyl groups is 1. The van der Waals surface area contributed by atoms with Crippen LogP contribution in [0.15, 0.2) is 36.4 Å². The van der Waals surface area contributed by atoms with Gasteiger partial charge < -0.3 is 5.11 Å². The van der Waals surface area contributed by atoms with Crippen molar-refractivity contribution in [2.24, 2.45) is 0 Å². The van der Waals surface area contributed by atoms with Crippen molar-refractivity contribution in [2.45, 2.75) is 6.42 Å². The number of hydrogen-bond acceptors (Lipinski definition) is 2. The third-order valence-electron chi connectivity index (χ3n) is 2.03. The van der Waals surface area contributed by atoms with E-state index in [1.165, 1.54) is 0 Å². The molecule has 0 bridgehead atoms. The molecule has 14 heavy (non-hydrogen) atoms. The van der Waals surface area contributed by atoms with E-state index in [0.29, 0.717) is 6.42 Å². The van der Waals surface area contributed by atoms with Crippen LogP contribution in [0.2, 0.25) is 0 Å². The van der Waals surface area contributed by atoms with Crippen LogP contribution in [0.1, 0.15) is 5.69 Å². The Morgan fingerprint density at radius 3 is 2.64 bits per heavy atom. The number of rotatable bonds is 2. The van der Waals surface area contributed by atoms with Crippen LogP contribution in [0.5, 0.6) is 5.88 Å². The topological polar surface area (TPSA) is 38.1 Å². The first kappa shape index (κ1) is 8.81. The molecular formula is C11H11N2O. The van der Waals surface area contributed by atoms with Gasteiger partial charge in [-0.3, -0.25) is 0 Å². The molecule has 0 aliphatic rings. The summed E-state index contributed by atoms with van der Waals surface area (Å²) in [5.41, 5.74) is 1.83. The van der Waals surface area contributed by atoms with Crippen molar-refractivity contribution >= 4 is 0 Å². The Balaban J connectivity index is 2.51. The molecule has 1 aromatic heterocycles. The highest BCUT2D eigenvalue weighted by Crippen LogP contribution is 2.15. The lowest BCUT2D eigenvalue weighted by Crippen LogP contribution is -2.00. The molecule has 0 atom stereocenters. The average molecular weight is 187 g/mol. The Kier molecular flexibility index (Phi) is 2.23. The lowest BCUT2D eigenvalue weighted by Gasteiger charge is -2.03. The molecule has 1 heterocycles. The molecule has 3 nitrogen and oxygen atoms in total. The van der Waals surface area contributed by atoms with Gasteiger partial charge in [0, 0.05) is 11.8 Å². The van der Waals surface area contributed by atoms with Gasteiger partial charge in [0.1, 0.15) is 0 Å². The van der Waals surface area contributed by atoms with E-state index in [1.54, 1.807) is 10.7 Å². The maximum Gasteiger partial charge on any atom is 0.230 e. The smallest absolute Gasteiger partial charge is 0.230 e. The van der Waals surface area contributed by atoms with E-state index >= 15 is 0 Å². The summed E-state index contributed by atoms with van der Waals surface area (Å²) in [5.74, 6) is 0.0347. The SMILES string of the molecule is [CH2]Cc1cc(O)nn1-c1ccccc1. The van der Waals surface area contributed by atoms with Gasteiger partial charge in [-0.25, -0.2) is 4.68 Å². The number of benzene rings is 1. The summed E-state index contributed by atoms with van der Waals surface area (Å²) in [7, 11) is 0. The largest absolute Gasteiger partial charge is 0.492 e. The molecule has 0 amide bonds. The molecule has 0 aliphatic carbocycles. The first-order valence-corrected chi connectivity index (χ1v) is 4.44. The first-order valence-electron chi connectivity index (χ1n) is 4.44. The van der Waals surface area contributed by atoms with Crippen molar-refractivity contribution in [1.29, 1.82) is 0 Å². The Morgan fingerprint density at radius 2 is 2.00 bits per heavy atom. The van der Waals surface area contributed by atoms with Gasteiger partial charge in [-0.15, -0.1) is 5.10 Å². The highest BCUT2D eigenvalue weighted by Gasteiger charge is 2.05. The van der Waals surface area contributed by atoms with Crippen LogP contribution in [-0.2, 0) is 6.42 Å². The van der Waals surface area contributed by atoms with Crippen molar-refractivity contribution in [2.75, 3.05) is 0 Å². The molecule has 1 radical (unpaired) electrons. The zero-order chi connectivity index (χ0) is 9.97. The zero-order valence-electron chi connectivity index (χ0n) is 7.72. The normalized spacial score (nSPS) is 10.4. The Hall–Kier alpha value is -1.77. The summed E-state index contributed by atoms with van der Waals surface area (Å²) in [6.45, 7) is 3.78. The molecule has 0 spiro atoms.